The Morgan fingerprint density at radius 3 is 2.48 bits per heavy atom. The molecule has 6 nitrogen and oxygen atoms in total. The summed E-state index contributed by atoms with van der Waals surface area (Å²) in [5.41, 5.74) is 0. The normalized spacial score (nSPS) is 17.9. The van der Waals surface area contributed by atoms with Crippen LogP contribution in [0.25, 0.3) is 0 Å². The molecule has 2 atom stereocenters. The van der Waals surface area contributed by atoms with Crippen LogP contribution in [0.3, 0.4) is 0 Å². The van der Waals surface area contributed by atoms with Gasteiger partial charge in [0, 0.05) is 25.4 Å². The van der Waals surface area contributed by atoms with Gasteiger partial charge in [-0.15, -0.1) is 0 Å². The van der Waals surface area contributed by atoms with Crippen LogP contribution in [0.2, 0.25) is 0 Å². The van der Waals surface area contributed by atoms with Crippen molar-refractivity contribution in [2.75, 3.05) is 19.8 Å². The summed E-state index contributed by atoms with van der Waals surface area (Å²) in [7, 11) is 0. The quantitative estimate of drug-likeness (QED) is 0.407. The van der Waals surface area contributed by atoms with Crippen LogP contribution in [0.15, 0.2) is 25.3 Å². The first-order chi connectivity index (χ1) is 10.0. The molecular formula is C15H24O6. The lowest BCUT2D eigenvalue weighted by atomic mass is 10.2. The maximum Gasteiger partial charge on any atom is 0.332 e. The molecule has 1 heterocycles. The van der Waals surface area contributed by atoms with E-state index in [0.29, 0.717) is 13.2 Å². The van der Waals surface area contributed by atoms with Crippen LogP contribution in [0, 0.1) is 0 Å². The van der Waals surface area contributed by atoms with Gasteiger partial charge in [0.05, 0.1) is 6.10 Å². The van der Waals surface area contributed by atoms with Crippen LogP contribution in [-0.4, -0.2) is 44.2 Å². The highest BCUT2D eigenvalue weighted by Gasteiger charge is 2.16. The molecule has 1 saturated heterocycles. The van der Waals surface area contributed by atoms with Crippen LogP contribution in [0.1, 0.15) is 26.7 Å². The Morgan fingerprint density at radius 2 is 2.00 bits per heavy atom. The highest BCUT2D eigenvalue weighted by molar-refractivity contribution is 5.81. The molecule has 21 heavy (non-hydrogen) atoms. The lowest BCUT2D eigenvalue weighted by Gasteiger charge is -2.10. The SMILES string of the molecule is C=CC(=O)OC(C)OCC.C=CC(=O)OCC1CCCO1. The van der Waals surface area contributed by atoms with E-state index in [0.717, 1.165) is 31.6 Å². The third-order valence-electron chi connectivity index (χ3n) is 2.45. The maximum absolute atomic E-state index is 10.6. The van der Waals surface area contributed by atoms with Crippen molar-refractivity contribution in [1.82, 2.24) is 0 Å². The first-order valence-corrected chi connectivity index (χ1v) is 6.88. The first-order valence-electron chi connectivity index (χ1n) is 6.88. The van der Waals surface area contributed by atoms with Crippen molar-refractivity contribution < 1.29 is 28.5 Å². The zero-order valence-electron chi connectivity index (χ0n) is 12.7. The molecule has 0 radical (unpaired) electrons. The van der Waals surface area contributed by atoms with Crippen molar-refractivity contribution in [2.24, 2.45) is 0 Å². The number of esters is 2. The number of carbonyl (C=O) groups is 2. The molecule has 0 saturated carbocycles. The third kappa shape index (κ3) is 10.8. The van der Waals surface area contributed by atoms with Crippen molar-refractivity contribution in [1.29, 1.82) is 0 Å². The third-order valence-corrected chi connectivity index (χ3v) is 2.45. The summed E-state index contributed by atoms with van der Waals surface area (Å²) >= 11 is 0. The Balaban J connectivity index is 0.000000384. The number of hydrogen-bond donors (Lipinski definition) is 0. The van der Waals surface area contributed by atoms with Gasteiger partial charge in [-0.05, 0) is 26.7 Å². The van der Waals surface area contributed by atoms with Gasteiger partial charge in [-0.1, -0.05) is 13.2 Å². The van der Waals surface area contributed by atoms with E-state index in [1.165, 1.54) is 0 Å². The molecule has 1 rings (SSSR count). The van der Waals surface area contributed by atoms with Gasteiger partial charge in [0.2, 0.25) is 0 Å². The Bertz CT molecular complexity index is 333. The van der Waals surface area contributed by atoms with Gasteiger partial charge >= 0.3 is 11.9 Å². The van der Waals surface area contributed by atoms with E-state index in [-0.39, 0.29) is 12.1 Å². The van der Waals surface area contributed by atoms with Crippen LogP contribution >= 0.6 is 0 Å². The van der Waals surface area contributed by atoms with Crippen molar-refractivity contribution in [2.45, 2.75) is 39.1 Å². The average Bonchev–Trinajstić information content (AvgIpc) is 2.98. The van der Waals surface area contributed by atoms with Crippen molar-refractivity contribution in [3.05, 3.63) is 25.3 Å². The Morgan fingerprint density at radius 1 is 1.33 bits per heavy atom. The molecule has 2 unspecified atom stereocenters. The smallest absolute Gasteiger partial charge is 0.332 e. The van der Waals surface area contributed by atoms with Crippen molar-refractivity contribution in [3.8, 4) is 0 Å². The molecule has 1 fully saturated rings. The van der Waals surface area contributed by atoms with Crippen molar-refractivity contribution in [3.63, 3.8) is 0 Å². The molecule has 1 aliphatic rings. The molecule has 120 valence electrons. The second-order valence-electron chi connectivity index (χ2n) is 4.13. The average molecular weight is 300 g/mol. The van der Waals surface area contributed by atoms with Gasteiger partial charge in [0.25, 0.3) is 0 Å². The molecule has 1 aliphatic heterocycles. The lowest BCUT2D eigenvalue weighted by Crippen LogP contribution is -2.16. The second kappa shape index (κ2) is 12.1. The van der Waals surface area contributed by atoms with Crippen molar-refractivity contribution >= 4 is 11.9 Å². The molecule has 0 bridgehead atoms. The summed E-state index contributed by atoms with van der Waals surface area (Å²) in [6.45, 7) is 11.7. The van der Waals surface area contributed by atoms with Gasteiger partial charge < -0.3 is 18.9 Å². The van der Waals surface area contributed by atoms with Gasteiger partial charge in [-0.3, -0.25) is 0 Å². The van der Waals surface area contributed by atoms with Gasteiger partial charge in [-0.2, -0.15) is 0 Å². The van der Waals surface area contributed by atoms with E-state index in [1.54, 1.807) is 6.92 Å². The van der Waals surface area contributed by atoms with E-state index in [9.17, 15) is 9.59 Å². The fourth-order valence-corrected chi connectivity index (χ4v) is 1.49. The number of rotatable bonds is 7. The van der Waals surface area contributed by atoms with Gasteiger partial charge in [0.1, 0.15) is 6.61 Å². The minimum atomic E-state index is -0.476. The summed E-state index contributed by atoms with van der Waals surface area (Å²) in [6, 6.07) is 0. The Hall–Kier alpha value is -1.66. The summed E-state index contributed by atoms with van der Waals surface area (Å²) in [5, 5.41) is 0. The first kappa shape index (κ1) is 19.3. The molecular weight excluding hydrogens is 276 g/mol. The van der Waals surface area contributed by atoms with E-state index in [1.807, 2.05) is 6.92 Å². The number of hydrogen-bond acceptors (Lipinski definition) is 6. The maximum atomic E-state index is 10.6. The zero-order chi connectivity index (χ0) is 16.1. The molecule has 6 heteroatoms. The number of ether oxygens (including phenoxy) is 4. The molecule has 0 aromatic carbocycles. The molecule has 0 aromatic rings. The highest BCUT2D eigenvalue weighted by atomic mass is 16.7. The zero-order valence-corrected chi connectivity index (χ0v) is 12.7. The van der Waals surface area contributed by atoms with Gasteiger partial charge in [0.15, 0.2) is 6.29 Å². The monoisotopic (exact) mass is 300 g/mol. The van der Waals surface area contributed by atoms with Gasteiger partial charge in [-0.25, -0.2) is 9.59 Å². The second-order valence-corrected chi connectivity index (χ2v) is 4.13. The van der Waals surface area contributed by atoms with Crippen LogP contribution in [0.5, 0.6) is 0 Å². The van der Waals surface area contributed by atoms with Crippen LogP contribution in [-0.2, 0) is 28.5 Å². The highest BCUT2D eigenvalue weighted by Crippen LogP contribution is 2.11. The molecule has 0 spiro atoms. The standard InChI is InChI=1S/C8H12O3.C7H12O3/c1-2-8(9)11-6-7-4-3-5-10-7;1-4-7(8)10-6(3)9-5-2/h2,7H,1,3-6H2;4,6H,1,5H2,2-3H3. The lowest BCUT2D eigenvalue weighted by molar-refractivity contribution is -0.167. The minimum absolute atomic E-state index is 0.110. The fraction of sp³-hybridized carbons (Fsp3) is 0.600. The van der Waals surface area contributed by atoms with E-state index >= 15 is 0 Å². The summed E-state index contributed by atoms with van der Waals surface area (Å²) in [5.74, 6) is -0.832. The Labute approximate surface area is 125 Å². The van der Waals surface area contributed by atoms with E-state index < -0.39 is 12.3 Å². The largest absolute Gasteiger partial charge is 0.460 e. The molecule has 0 amide bonds. The Kier molecular flexibility index (Phi) is 11.2. The van der Waals surface area contributed by atoms with Crippen LogP contribution < -0.4 is 0 Å². The predicted octanol–water partition coefficient (Wildman–Crippen LogP) is 1.99. The summed E-state index contributed by atoms with van der Waals surface area (Å²) in [4.78, 5) is 21.0. The molecule has 0 N–H and O–H groups in total. The molecule has 0 aliphatic carbocycles. The predicted molar refractivity (Wildman–Crippen MR) is 77.5 cm³/mol. The fourth-order valence-electron chi connectivity index (χ4n) is 1.49. The summed E-state index contributed by atoms with van der Waals surface area (Å²) in [6.07, 6.45) is 3.96. The van der Waals surface area contributed by atoms with E-state index in [2.05, 4.69) is 17.9 Å². The summed E-state index contributed by atoms with van der Waals surface area (Å²) < 4.78 is 19.6. The number of carbonyl (C=O) groups excluding carboxylic acids is 2. The van der Waals surface area contributed by atoms with Crippen LogP contribution in [0.4, 0.5) is 0 Å². The van der Waals surface area contributed by atoms with E-state index in [4.69, 9.17) is 14.2 Å². The minimum Gasteiger partial charge on any atom is -0.460 e. The molecule has 0 aromatic heterocycles. The topological polar surface area (TPSA) is 71.1 Å².